The van der Waals surface area contributed by atoms with Crippen LogP contribution in [0.15, 0.2) is 48.8 Å². The van der Waals surface area contributed by atoms with E-state index < -0.39 is 6.09 Å². The largest absolute Gasteiger partial charge is 0.465 e. The molecule has 1 aromatic carbocycles. The Kier molecular flexibility index (Phi) is 5.28. The lowest BCUT2D eigenvalue weighted by Crippen LogP contribution is -2.25. The maximum atomic E-state index is 12.4. The quantitative estimate of drug-likeness (QED) is 0.573. The second-order valence-corrected chi connectivity index (χ2v) is 7.82. The number of aromatic nitrogens is 1. The molecule has 0 saturated heterocycles. The summed E-state index contributed by atoms with van der Waals surface area (Å²) in [5.41, 5.74) is 4.00. The van der Waals surface area contributed by atoms with E-state index in [2.05, 4.69) is 10.3 Å². The van der Waals surface area contributed by atoms with Gasteiger partial charge in [0.15, 0.2) is 0 Å². The number of fused-ring (bicyclic) bond motifs is 1. The number of amides is 2. The summed E-state index contributed by atoms with van der Waals surface area (Å²) in [6, 6.07) is 11.6. The summed E-state index contributed by atoms with van der Waals surface area (Å²) in [4.78, 5) is 31.2. The summed E-state index contributed by atoms with van der Waals surface area (Å²) in [5, 5.41) is 20.2. The number of carbonyl (C=O) groups is 2. The molecule has 0 bridgehead atoms. The SMILES string of the molecule is O=C(O)Nc1cncc(-c2ccc(-c3ccc4c(c3)CN(CCCO)C4=O)s2)c1. The first kappa shape index (κ1) is 19.1. The standard InChI is InChI=1S/C21H19N3O4S/c25-7-1-6-24-12-15-8-13(2-3-17(15)20(24)26)18-4-5-19(29-18)14-9-16(11-22-10-14)23-21(27)28/h2-5,8-11,23,25H,1,6-7,12H2,(H,27,28). The number of nitrogens with one attached hydrogen (secondary N) is 1. The third kappa shape index (κ3) is 3.98. The molecule has 0 aliphatic carbocycles. The van der Waals surface area contributed by atoms with E-state index in [1.807, 2.05) is 30.3 Å². The van der Waals surface area contributed by atoms with Crippen LogP contribution >= 0.6 is 11.3 Å². The van der Waals surface area contributed by atoms with Gasteiger partial charge in [-0.2, -0.15) is 0 Å². The van der Waals surface area contributed by atoms with Crippen molar-refractivity contribution < 1.29 is 19.8 Å². The van der Waals surface area contributed by atoms with Gasteiger partial charge < -0.3 is 15.1 Å². The number of aliphatic hydroxyl groups is 1. The maximum Gasteiger partial charge on any atom is 0.409 e. The Morgan fingerprint density at radius 2 is 1.93 bits per heavy atom. The van der Waals surface area contributed by atoms with Crippen molar-refractivity contribution in [3.8, 4) is 20.9 Å². The number of hydrogen-bond donors (Lipinski definition) is 3. The first-order valence-corrected chi connectivity index (χ1v) is 9.95. The van der Waals surface area contributed by atoms with E-state index in [-0.39, 0.29) is 12.5 Å². The Hall–Kier alpha value is -3.23. The molecule has 0 spiro atoms. The molecular weight excluding hydrogens is 390 g/mol. The third-order valence-corrected chi connectivity index (χ3v) is 5.92. The van der Waals surface area contributed by atoms with E-state index in [1.165, 1.54) is 6.20 Å². The zero-order valence-electron chi connectivity index (χ0n) is 15.5. The van der Waals surface area contributed by atoms with Crippen molar-refractivity contribution in [1.82, 2.24) is 9.88 Å². The first-order chi connectivity index (χ1) is 14.0. The summed E-state index contributed by atoms with van der Waals surface area (Å²) >= 11 is 1.58. The highest BCUT2D eigenvalue weighted by atomic mass is 32.1. The van der Waals surface area contributed by atoms with Crippen LogP contribution in [0.4, 0.5) is 10.5 Å². The van der Waals surface area contributed by atoms with E-state index in [4.69, 9.17) is 10.2 Å². The molecule has 7 nitrogen and oxygen atoms in total. The van der Waals surface area contributed by atoms with Crippen LogP contribution in [-0.2, 0) is 6.54 Å². The molecule has 3 N–H and O–H groups in total. The number of pyridine rings is 1. The van der Waals surface area contributed by atoms with E-state index >= 15 is 0 Å². The highest BCUT2D eigenvalue weighted by Gasteiger charge is 2.27. The summed E-state index contributed by atoms with van der Waals surface area (Å²) in [6.45, 7) is 1.19. The van der Waals surface area contributed by atoms with Crippen LogP contribution in [0.5, 0.6) is 0 Å². The van der Waals surface area contributed by atoms with Crippen molar-refractivity contribution in [3.05, 3.63) is 59.9 Å². The number of anilines is 1. The second kappa shape index (κ2) is 8.02. The van der Waals surface area contributed by atoms with Crippen molar-refractivity contribution in [2.75, 3.05) is 18.5 Å². The number of aliphatic hydroxyl groups excluding tert-OH is 1. The van der Waals surface area contributed by atoms with E-state index in [9.17, 15) is 9.59 Å². The number of rotatable bonds is 6. The number of hydrogen-bond acceptors (Lipinski definition) is 5. The molecule has 0 radical (unpaired) electrons. The fraction of sp³-hybridized carbons (Fsp3) is 0.190. The van der Waals surface area contributed by atoms with Gasteiger partial charge in [0.2, 0.25) is 0 Å². The van der Waals surface area contributed by atoms with Gasteiger partial charge in [0.25, 0.3) is 5.91 Å². The van der Waals surface area contributed by atoms with Gasteiger partial charge in [0.05, 0.1) is 11.9 Å². The molecule has 29 heavy (non-hydrogen) atoms. The van der Waals surface area contributed by atoms with Gasteiger partial charge in [0, 0.05) is 46.8 Å². The van der Waals surface area contributed by atoms with E-state index in [0.717, 1.165) is 32.0 Å². The highest BCUT2D eigenvalue weighted by molar-refractivity contribution is 7.18. The Morgan fingerprint density at radius 1 is 1.14 bits per heavy atom. The Balaban J connectivity index is 1.57. The molecule has 4 rings (SSSR count). The third-order valence-electron chi connectivity index (χ3n) is 4.73. The minimum absolute atomic E-state index is 0.0145. The molecule has 0 fully saturated rings. The van der Waals surface area contributed by atoms with E-state index in [0.29, 0.717) is 25.2 Å². The van der Waals surface area contributed by atoms with Crippen molar-refractivity contribution in [2.45, 2.75) is 13.0 Å². The highest BCUT2D eigenvalue weighted by Crippen LogP contribution is 2.36. The molecular formula is C21H19N3O4S. The molecule has 148 valence electrons. The summed E-state index contributed by atoms with van der Waals surface area (Å²) in [5.74, 6) is 0.0145. The van der Waals surface area contributed by atoms with Crippen LogP contribution < -0.4 is 5.32 Å². The summed E-state index contributed by atoms with van der Waals surface area (Å²) in [7, 11) is 0. The molecule has 3 aromatic rings. The van der Waals surface area contributed by atoms with Gasteiger partial charge in [-0.1, -0.05) is 6.07 Å². The Bertz CT molecular complexity index is 1080. The Morgan fingerprint density at radius 3 is 2.69 bits per heavy atom. The number of benzene rings is 1. The zero-order chi connectivity index (χ0) is 20.4. The number of nitrogens with zero attached hydrogens (tertiary/aromatic N) is 2. The maximum absolute atomic E-state index is 12.4. The lowest BCUT2D eigenvalue weighted by molar-refractivity contribution is 0.0768. The van der Waals surface area contributed by atoms with Crippen LogP contribution in [0.25, 0.3) is 20.9 Å². The fourth-order valence-electron chi connectivity index (χ4n) is 3.39. The van der Waals surface area contributed by atoms with Crippen LogP contribution in [0.2, 0.25) is 0 Å². The lowest BCUT2D eigenvalue weighted by Gasteiger charge is -2.13. The van der Waals surface area contributed by atoms with Crippen LogP contribution in [0.3, 0.4) is 0 Å². The molecule has 1 aliphatic heterocycles. The zero-order valence-corrected chi connectivity index (χ0v) is 16.3. The molecule has 3 heterocycles. The average molecular weight is 409 g/mol. The number of thiophene rings is 1. The summed E-state index contributed by atoms with van der Waals surface area (Å²) < 4.78 is 0. The molecule has 0 saturated carbocycles. The molecule has 8 heteroatoms. The molecule has 0 atom stereocenters. The first-order valence-electron chi connectivity index (χ1n) is 9.14. The fourth-order valence-corrected chi connectivity index (χ4v) is 4.37. The molecule has 1 aliphatic rings. The van der Waals surface area contributed by atoms with E-state index in [1.54, 1.807) is 28.5 Å². The van der Waals surface area contributed by atoms with Gasteiger partial charge in [0.1, 0.15) is 0 Å². The van der Waals surface area contributed by atoms with Crippen LogP contribution in [0.1, 0.15) is 22.3 Å². The Labute approximate surface area is 171 Å². The van der Waals surface area contributed by atoms with Gasteiger partial charge >= 0.3 is 6.09 Å². The second-order valence-electron chi connectivity index (χ2n) is 6.73. The smallest absolute Gasteiger partial charge is 0.409 e. The van der Waals surface area contributed by atoms with Crippen LogP contribution in [0, 0.1) is 0 Å². The van der Waals surface area contributed by atoms with Gasteiger partial charge in [-0.3, -0.25) is 15.1 Å². The molecule has 2 aromatic heterocycles. The predicted octanol–water partition coefficient (Wildman–Crippen LogP) is 3.91. The van der Waals surface area contributed by atoms with Crippen molar-refractivity contribution in [2.24, 2.45) is 0 Å². The summed E-state index contributed by atoms with van der Waals surface area (Å²) in [6.07, 6.45) is 2.61. The lowest BCUT2D eigenvalue weighted by atomic mass is 10.1. The monoisotopic (exact) mass is 409 g/mol. The minimum Gasteiger partial charge on any atom is -0.465 e. The van der Waals surface area contributed by atoms with Crippen molar-refractivity contribution in [3.63, 3.8) is 0 Å². The van der Waals surface area contributed by atoms with Gasteiger partial charge in [-0.15, -0.1) is 11.3 Å². The van der Waals surface area contributed by atoms with Crippen molar-refractivity contribution >= 4 is 29.0 Å². The van der Waals surface area contributed by atoms with Crippen molar-refractivity contribution in [1.29, 1.82) is 0 Å². The topological polar surface area (TPSA) is 103 Å². The molecule has 2 amide bonds. The normalized spacial score (nSPS) is 12.9. The van der Waals surface area contributed by atoms with Gasteiger partial charge in [-0.25, -0.2) is 4.79 Å². The predicted molar refractivity (Wildman–Crippen MR) is 111 cm³/mol. The number of carboxylic acid groups (broad SMARTS) is 1. The molecule has 0 unspecified atom stereocenters. The minimum atomic E-state index is -1.13. The average Bonchev–Trinajstić information content (AvgIpc) is 3.31. The van der Waals surface area contributed by atoms with Gasteiger partial charge in [-0.05, 0) is 47.9 Å². The van der Waals surface area contributed by atoms with Crippen LogP contribution in [-0.4, -0.2) is 45.2 Å². The number of carbonyl (C=O) groups excluding carboxylic acids is 1.